The summed E-state index contributed by atoms with van der Waals surface area (Å²) in [7, 11) is 1.14. The Balaban J connectivity index is 1.98. The molecule has 2 N–H and O–H groups in total. The number of carbonyl (C=O) groups is 3. The number of rotatable bonds is 9. The van der Waals surface area contributed by atoms with Gasteiger partial charge in [-0.1, -0.05) is 35.9 Å². The molecule has 1 saturated carbocycles. The first-order chi connectivity index (χ1) is 17.1. The van der Waals surface area contributed by atoms with Crippen LogP contribution in [0.2, 0.25) is 5.02 Å². The summed E-state index contributed by atoms with van der Waals surface area (Å²) >= 11 is 6.41. The van der Waals surface area contributed by atoms with E-state index in [9.17, 15) is 27.6 Å². The van der Waals surface area contributed by atoms with Gasteiger partial charge in [-0.3, -0.25) is 9.59 Å². The van der Waals surface area contributed by atoms with Gasteiger partial charge in [-0.15, -0.1) is 0 Å². The van der Waals surface area contributed by atoms with Crippen LogP contribution >= 0.6 is 11.6 Å². The van der Waals surface area contributed by atoms with Crippen molar-refractivity contribution in [1.82, 2.24) is 10.6 Å². The van der Waals surface area contributed by atoms with Gasteiger partial charge in [0.1, 0.15) is 11.9 Å². The van der Waals surface area contributed by atoms with E-state index in [4.69, 9.17) is 11.6 Å². The number of nitrogens with one attached hydrogen (secondary N) is 2. The Kier molecular flexibility index (Phi) is 9.19. The normalized spacial score (nSPS) is 17.5. The summed E-state index contributed by atoms with van der Waals surface area (Å²) in [5, 5.41) is 5.16. The number of ether oxygens (including phenoxy) is 1. The highest BCUT2D eigenvalue weighted by Gasteiger charge is 2.39. The first-order valence-corrected chi connectivity index (χ1v) is 11.8. The molecule has 11 heteroatoms. The van der Waals surface area contributed by atoms with E-state index in [0.29, 0.717) is 12.0 Å². The number of hydrogen-bond donors (Lipinski definition) is 2. The Hall–Kier alpha value is -3.27. The Morgan fingerprint density at radius 2 is 1.94 bits per heavy atom. The number of anilines is 1. The van der Waals surface area contributed by atoms with E-state index in [0.717, 1.165) is 13.2 Å². The van der Waals surface area contributed by atoms with Crippen LogP contribution in [0.1, 0.15) is 37.3 Å². The number of nitrogens with zero attached hydrogens (tertiary/aromatic N) is 1. The average Bonchev–Trinajstić information content (AvgIpc) is 2.82. The van der Waals surface area contributed by atoms with E-state index in [1.807, 2.05) is 0 Å². The molecule has 7 nitrogen and oxygen atoms in total. The monoisotopic (exact) mass is 525 g/mol. The zero-order valence-electron chi connectivity index (χ0n) is 19.6. The van der Waals surface area contributed by atoms with Crippen LogP contribution in [-0.4, -0.2) is 49.9 Å². The Labute approximate surface area is 211 Å². The van der Waals surface area contributed by atoms with Crippen molar-refractivity contribution in [1.29, 1.82) is 0 Å². The van der Waals surface area contributed by atoms with Crippen molar-refractivity contribution in [2.24, 2.45) is 0 Å². The van der Waals surface area contributed by atoms with Gasteiger partial charge in [-0.2, -0.15) is 0 Å². The molecule has 3 rings (SSSR count). The fraction of sp³-hybridized carbons (Fsp3) is 0.400. The second-order valence-electron chi connectivity index (χ2n) is 8.57. The predicted octanol–water partition coefficient (Wildman–Crippen LogP) is 4.65. The van der Waals surface area contributed by atoms with Crippen LogP contribution in [0.25, 0.3) is 0 Å². The number of halogens is 4. The van der Waals surface area contributed by atoms with E-state index in [2.05, 4.69) is 15.4 Å². The van der Waals surface area contributed by atoms with Crippen LogP contribution in [0.15, 0.2) is 48.5 Å². The molecule has 0 radical (unpaired) electrons. The maximum absolute atomic E-state index is 14.2. The first-order valence-electron chi connectivity index (χ1n) is 11.4. The SMILES string of the molecule is COC(=O)NCC(=O)CN(c1cccc(F)c1)C(C(=O)NC1CCCC(F)(F)C1)c1ccccc1Cl. The molecule has 0 saturated heterocycles. The zero-order chi connectivity index (χ0) is 26.3. The zero-order valence-corrected chi connectivity index (χ0v) is 20.4. The predicted molar refractivity (Wildman–Crippen MR) is 129 cm³/mol. The Morgan fingerprint density at radius 1 is 1.19 bits per heavy atom. The van der Waals surface area contributed by atoms with Crippen molar-refractivity contribution in [3.05, 3.63) is 64.9 Å². The lowest BCUT2D eigenvalue weighted by molar-refractivity contribution is -0.124. The van der Waals surface area contributed by atoms with Crippen LogP contribution in [0, 0.1) is 5.82 Å². The van der Waals surface area contributed by atoms with Crippen molar-refractivity contribution in [2.75, 3.05) is 25.1 Å². The van der Waals surface area contributed by atoms with Crippen molar-refractivity contribution in [3.63, 3.8) is 0 Å². The average molecular weight is 526 g/mol. The van der Waals surface area contributed by atoms with Crippen molar-refractivity contribution in [2.45, 2.75) is 43.7 Å². The van der Waals surface area contributed by atoms with Gasteiger partial charge < -0.3 is 20.3 Å². The topological polar surface area (TPSA) is 87.7 Å². The van der Waals surface area contributed by atoms with Crippen molar-refractivity contribution >= 4 is 35.1 Å². The van der Waals surface area contributed by atoms with Crippen LogP contribution in [0.3, 0.4) is 0 Å². The summed E-state index contributed by atoms with van der Waals surface area (Å²) in [6.45, 7) is -0.832. The first kappa shape index (κ1) is 27.3. The fourth-order valence-corrected chi connectivity index (χ4v) is 4.44. The molecule has 1 aliphatic rings. The molecule has 2 aromatic rings. The number of alkyl halides is 2. The lowest BCUT2D eigenvalue weighted by Gasteiger charge is -2.36. The molecule has 2 atom stereocenters. The van der Waals surface area contributed by atoms with E-state index < -0.39 is 61.1 Å². The van der Waals surface area contributed by atoms with Gasteiger partial charge >= 0.3 is 6.09 Å². The third-order valence-electron chi connectivity index (χ3n) is 5.85. The van der Waals surface area contributed by atoms with Crippen LogP contribution < -0.4 is 15.5 Å². The standard InChI is InChI=1S/C25H27ClF3N3O4/c1-36-24(35)30-14-19(33)15-32(18-8-4-6-16(27)12-18)22(20-9-2-3-10-21(20)26)23(34)31-17-7-5-11-25(28,29)13-17/h2-4,6,8-10,12,17,22H,5,7,11,13-15H2,1H3,(H,30,35)(H,31,34). The lowest BCUT2D eigenvalue weighted by Crippen LogP contribution is -2.49. The number of alkyl carbamates (subject to hydrolysis) is 1. The molecule has 2 amide bonds. The molecule has 0 heterocycles. The third-order valence-corrected chi connectivity index (χ3v) is 6.19. The summed E-state index contributed by atoms with van der Waals surface area (Å²) in [5.74, 6) is -4.68. The molecule has 1 aliphatic carbocycles. The number of methoxy groups -OCH3 is 1. The minimum Gasteiger partial charge on any atom is -0.453 e. The number of amides is 2. The van der Waals surface area contributed by atoms with Gasteiger partial charge in [0, 0.05) is 35.2 Å². The molecular formula is C25H27ClF3N3O4. The number of hydrogen-bond acceptors (Lipinski definition) is 5. The highest BCUT2D eigenvalue weighted by molar-refractivity contribution is 6.31. The van der Waals surface area contributed by atoms with E-state index in [1.165, 1.54) is 23.1 Å². The van der Waals surface area contributed by atoms with Crippen LogP contribution in [0.5, 0.6) is 0 Å². The molecule has 0 spiro atoms. The minimum atomic E-state index is -2.89. The second-order valence-corrected chi connectivity index (χ2v) is 8.98. The highest BCUT2D eigenvalue weighted by Crippen LogP contribution is 2.35. The van der Waals surface area contributed by atoms with Crippen molar-refractivity contribution < 1.29 is 32.3 Å². The van der Waals surface area contributed by atoms with Crippen molar-refractivity contribution in [3.8, 4) is 0 Å². The summed E-state index contributed by atoms with van der Waals surface area (Å²) in [6, 6.07) is 9.66. The summed E-state index contributed by atoms with van der Waals surface area (Å²) < 4.78 is 46.6. The summed E-state index contributed by atoms with van der Waals surface area (Å²) in [5.41, 5.74) is 0.493. The molecule has 0 aliphatic heterocycles. The van der Waals surface area contributed by atoms with E-state index >= 15 is 0 Å². The van der Waals surface area contributed by atoms with Gasteiger partial charge in [0.05, 0.1) is 20.2 Å². The lowest BCUT2D eigenvalue weighted by atomic mass is 9.91. The minimum absolute atomic E-state index is 0.190. The van der Waals surface area contributed by atoms with Gasteiger partial charge in [-0.25, -0.2) is 18.0 Å². The molecule has 0 aromatic heterocycles. The van der Waals surface area contributed by atoms with Gasteiger partial charge in [0.15, 0.2) is 5.78 Å². The molecule has 1 fully saturated rings. The third kappa shape index (κ3) is 7.36. The smallest absolute Gasteiger partial charge is 0.407 e. The largest absolute Gasteiger partial charge is 0.453 e. The number of benzene rings is 2. The van der Waals surface area contributed by atoms with E-state index in [-0.39, 0.29) is 23.6 Å². The highest BCUT2D eigenvalue weighted by atomic mass is 35.5. The van der Waals surface area contributed by atoms with Gasteiger partial charge in [0.2, 0.25) is 11.8 Å². The van der Waals surface area contributed by atoms with Gasteiger partial charge in [0.25, 0.3) is 0 Å². The molecule has 2 unspecified atom stereocenters. The quantitative estimate of drug-likeness (QED) is 0.498. The second kappa shape index (κ2) is 12.1. The fourth-order valence-electron chi connectivity index (χ4n) is 4.20. The van der Waals surface area contributed by atoms with Crippen LogP contribution in [-0.2, 0) is 14.3 Å². The Morgan fingerprint density at radius 3 is 2.61 bits per heavy atom. The number of Topliss-reactive ketones (excluding diaryl/α,β-unsaturated/α-hetero) is 1. The summed E-state index contributed by atoms with van der Waals surface area (Å²) in [6.07, 6.45) is -0.946. The van der Waals surface area contributed by atoms with Gasteiger partial charge in [-0.05, 0) is 37.1 Å². The maximum Gasteiger partial charge on any atom is 0.407 e. The Bertz CT molecular complexity index is 1100. The molecule has 2 aromatic carbocycles. The maximum atomic E-state index is 14.2. The molecule has 36 heavy (non-hydrogen) atoms. The van der Waals surface area contributed by atoms with Crippen LogP contribution in [0.4, 0.5) is 23.7 Å². The molecular weight excluding hydrogens is 499 g/mol. The number of ketones is 1. The molecule has 194 valence electrons. The molecule has 0 bridgehead atoms. The summed E-state index contributed by atoms with van der Waals surface area (Å²) in [4.78, 5) is 39.1. The van der Waals surface area contributed by atoms with E-state index in [1.54, 1.807) is 24.3 Å². The number of carbonyl (C=O) groups excluding carboxylic acids is 3.